The molecule has 1 atom stereocenters. The van der Waals surface area contributed by atoms with E-state index in [-0.39, 0.29) is 24.7 Å². The molecule has 0 aromatic carbocycles. The van der Waals surface area contributed by atoms with Crippen molar-refractivity contribution in [3.8, 4) is 0 Å². The molecule has 0 fully saturated rings. The molecule has 1 heterocycles. The highest BCUT2D eigenvalue weighted by atomic mass is 32.1. The Kier molecular flexibility index (Phi) is 5.85. The molecule has 0 aliphatic heterocycles. The molecule has 0 bridgehead atoms. The summed E-state index contributed by atoms with van der Waals surface area (Å²) < 4.78 is 0. The van der Waals surface area contributed by atoms with E-state index in [9.17, 15) is 9.59 Å². The molecule has 18 heavy (non-hydrogen) atoms. The Balaban J connectivity index is 2.56. The Bertz CT molecular complexity index is 387. The first-order chi connectivity index (χ1) is 8.49. The van der Waals surface area contributed by atoms with E-state index in [1.54, 1.807) is 0 Å². The monoisotopic (exact) mass is 269 g/mol. The summed E-state index contributed by atoms with van der Waals surface area (Å²) in [5, 5.41) is 13.6. The van der Waals surface area contributed by atoms with Gasteiger partial charge < -0.3 is 10.4 Å². The van der Waals surface area contributed by atoms with E-state index < -0.39 is 5.97 Å². The molecular weight excluding hydrogens is 250 g/mol. The largest absolute Gasteiger partial charge is 0.481 e. The van der Waals surface area contributed by atoms with Gasteiger partial charge in [0.1, 0.15) is 0 Å². The highest BCUT2D eigenvalue weighted by molar-refractivity contribution is 7.10. The first kappa shape index (κ1) is 14.7. The molecule has 1 aromatic heterocycles. The van der Waals surface area contributed by atoms with Crippen molar-refractivity contribution in [2.24, 2.45) is 5.92 Å². The van der Waals surface area contributed by atoms with Gasteiger partial charge in [0.2, 0.25) is 5.91 Å². The number of aliphatic carboxylic acids is 1. The topological polar surface area (TPSA) is 66.4 Å². The summed E-state index contributed by atoms with van der Waals surface area (Å²) in [6.45, 7) is 4.67. The van der Waals surface area contributed by atoms with Crippen LogP contribution in [0.5, 0.6) is 0 Å². The van der Waals surface area contributed by atoms with E-state index in [0.717, 1.165) is 4.88 Å². The fraction of sp³-hybridized carbons (Fsp3) is 0.538. The lowest BCUT2D eigenvalue weighted by molar-refractivity contribution is -0.137. The number of hydrogen-bond donors (Lipinski definition) is 2. The SMILES string of the molecule is CC(C)CNC(=O)C[C@@H](CC(=O)O)c1cccs1. The molecule has 1 aromatic rings. The van der Waals surface area contributed by atoms with E-state index in [2.05, 4.69) is 5.32 Å². The van der Waals surface area contributed by atoms with Crippen LogP contribution in [0.4, 0.5) is 0 Å². The third kappa shape index (κ3) is 5.31. The maximum Gasteiger partial charge on any atom is 0.304 e. The van der Waals surface area contributed by atoms with Crippen LogP contribution in [0, 0.1) is 5.92 Å². The van der Waals surface area contributed by atoms with Crippen LogP contribution in [0.15, 0.2) is 17.5 Å². The highest BCUT2D eigenvalue weighted by Gasteiger charge is 2.20. The van der Waals surface area contributed by atoms with E-state index in [1.807, 2.05) is 31.4 Å². The molecule has 0 spiro atoms. The van der Waals surface area contributed by atoms with Gasteiger partial charge in [-0.2, -0.15) is 0 Å². The quantitative estimate of drug-likeness (QED) is 0.799. The Labute approximate surface area is 111 Å². The molecule has 0 saturated heterocycles. The lowest BCUT2D eigenvalue weighted by Gasteiger charge is -2.14. The van der Waals surface area contributed by atoms with E-state index in [1.165, 1.54) is 11.3 Å². The Morgan fingerprint density at radius 3 is 2.61 bits per heavy atom. The van der Waals surface area contributed by atoms with Crippen molar-refractivity contribution < 1.29 is 14.7 Å². The molecule has 4 nitrogen and oxygen atoms in total. The van der Waals surface area contributed by atoms with Gasteiger partial charge in [-0.3, -0.25) is 9.59 Å². The molecule has 0 aliphatic rings. The zero-order valence-corrected chi connectivity index (χ0v) is 11.5. The summed E-state index contributed by atoms with van der Waals surface area (Å²) >= 11 is 1.50. The van der Waals surface area contributed by atoms with Crippen molar-refractivity contribution in [1.29, 1.82) is 0 Å². The number of carbonyl (C=O) groups excluding carboxylic acids is 1. The predicted octanol–water partition coefficient (Wildman–Crippen LogP) is 2.47. The number of rotatable bonds is 7. The fourth-order valence-electron chi connectivity index (χ4n) is 1.62. The second-order valence-electron chi connectivity index (χ2n) is 4.71. The molecule has 2 N–H and O–H groups in total. The lowest BCUT2D eigenvalue weighted by atomic mass is 9.99. The number of carbonyl (C=O) groups is 2. The van der Waals surface area contributed by atoms with Crippen molar-refractivity contribution in [3.63, 3.8) is 0 Å². The predicted molar refractivity (Wildman–Crippen MR) is 71.8 cm³/mol. The Morgan fingerprint density at radius 1 is 1.39 bits per heavy atom. The minimum absolute atomic E-state index is 0.00435. The number of thiophene rings is 1. The van der Waals surface area contributed by atoms with Crippen molar-refractivity contribution in [2.45, 2.75) is 32.6 Å². The van der Waals surface area contributed by atoms with Crippen LogP contribution in [0.25, 0.3) is 0 Å². The second kappa shape index (κ2) is 7.16. The summed E-state index contributed by atoms with van der Waals surface area (Å²) in [5.74, 6) is -0.781. The highest BCUT2D eigenvalue weighted by Crippen LogP contribution is 2.27. The molecule has 0 saturated carbocycles. The van der Waals surface area contributed by atoms with Gasteiger partial charge in [-0.05, 0) is 17.4 Å². The molecule has 0 radical (unpaired) electrons. The van der Waals surface area contributed by atoms with E-state index >= 15 is 0 Å². The van der Waals surface area contributed by atoms with Gasteiger partial charge >= 0.3 is 5.97 Å². The molecule has 5 heteroatoms. The van der Waals surface area contributed by atoms with Crippen LogP contribution in [0.1, 0.15) is 37.5 Å². The number of amides is 1. The van der Waals surface area contributed by atoms with Gasteiger partial charge in [-0.25, -0.2) is 0 Å². The van der Waals surface area contributed by atoms with Gasteiger partial charge in [0, 0.05) is 23.8 Å². The third-order valence-electron chi connectivity index (χ3n) is 2.51. The maximum atomic E-state index is 11.7. The summed E-state index contributed by atoms with van der Waals surface area (Å²) in [7, 11) is 0. The van der Waals surface area contributed by atoms with E-state index in [4.69, 9.17) is 5.11 Å². The van der Waals surface area contributed by atoms with Crippen LogP contribution < -0.4 is 5.32 Å². The van der Waals surface area contributed by atoms with Crippen LogP contribution in [-0.2, 0) is 9.59 Å². The standard InChI is InChI=1S/C13H19NO3S/c1-9(2)8-14-12(15)6-10(7-13(16)17)11-4-3-5-18-11/h3-5,9-10H,6-8H2,1-2H3,(H,14,15)(H,16,17)/t10-/m0/s1. The van der Waals surface area contributed by atoms with Crippen LogP contribution >= 0.6 is 11.3 Å². The van der Waals surface area contributed by atoms with Gasteiger partial charge in [-0.15, -0.1) is 11.3 Å². The number of carboxylic acids is 1. The van der Waals surface area contributed by atoms with E-state index in [0.29, 0.717) is 12.5 Å². The number of nitrogens with one attached hydrogen (secondary N) is 1. The van der Waals surface area contributed by atoms with Gasteiger partial charge in [0.05, 0.1) is 6.42 Å². The summed E-state index contributed by atoms with van der Waals surface area (Å²) in [5.41, 5.74) is 0. The van der Waals surface area contributed by atoms with Crippen molar-refractivity contribution in [3.05, 3.63) is 22.4 Å². The van der Waals surface area contributed by atoms with Gasteiger partial charge in [0.25, 0.3) is 0 Å². The first-order valence-corrected chi connectivity index (χ1v) is 6.89. The normalized spacial score (nSPS) is 12.4. The van der Waals surface area contributed by atoms with Gasteiger partial charge in [0.15, 0.2) is 0 Å². The summed E-state index contributed by atoms with van der Waals surface area (Å²) in [4.78, 5) is 23.5. The fourth-order valence-corrected chi connectivity index (χ4v) is 2.45. The molecule has 100 valence electrons. The van der Waals surface area contributed by atoms with Crippen LogP contribution in [-0.4, -0.2) is 23.5 Å². The molecule has 1 amide bonds. The number of hydrogen-bond acceptors (Lipinski definition) is 3. The zero-order chi connectivity index (χ0) is 13.5. The van der Waals surface area contributed by atoms with Crippen LogP contribution in [0.3, 0.4) is 0 Å². The summed E-state index contributed by atoms with van der Waals surface area (Å²) in [6.07, 6.45) is 0.231. The maximum absolute atomic E-state index is 11.7. The second-order valence-corrected chi connectivity index (χ2v) is 5.69. The first-order valence-electron chi connectivity index (χ1n) is 6.01. The zero-order valence-electron chi connectivity index (χ0n) is 10.7. The average Bonchev–Trinajstić information content (AvgIpc) is 2.78. The molecule has 1 rings (SSSR count). The Morgan fingerprint density at radius 2 is 2.11 bits per heavy atom. The average molecular weight is 269 g/mol. The Hall–Kier alpha value is -1.36. The minimum atomic E-state index is -0.870. The molecular formula is C13H19NO3S. The third-order valence-corrected chi connectivity index (χ3v) is 3.54. The van der Waals surface area contributed by atoms with Gasteiger partial charge in [-0.1, -0.05) is 19.9 Å². The smallest absolute Gasteiger partial charge is 0.304 e. The summed E-state index contributed by atoms with van der Waals surface area (Å²) in [6, 6.07) is 3.76. The number of carboxylic acid groups (broad SMARTS) is 1. The van der Waals surface area contributed by atoms with Crippen LogP contribution in [0.2, 0.25) is 0 Å². The lowest BCUT2D eigenvalue weighted by Crippen LogP contribution is -2.28. The minimum Gasteiger partial charge on any atom is -0.481 e. The van der Waals surface area contributed by atoms with Crippen molar-refractivity contribution in [1.82, 2.24) is 5.32 Å². The van der Waals surface area contributed by atoms with Crippen molar-refractivity contribution >= 4 is 23.2 Å². The van der Waals surface area contributed by atoms with Crippen molar-refractivity contribution in [2.75, 3.05) is 6.54 Å². The molecule has 0 aliphatic carbocycles. The molecule has 0 unspecified atom stereocenters.